The van der Waals surface area contributed by atoms with Gasteiger partial charge in [0.25, 0.3) is 0 Å². The van der Waals surface area contributed by atoms with E-state index in [-0.39, 0.29) is 18.0 Å². The Kier molecular flexibility index (Phi) is 4.18. The standard InChI is InChI=1S/C12H13IN2O3/c13-7-1-4-10(9(5-7)12(17)18)15-11(16)6-14-8-2-3-8/h1,4-5,8,14H,2-3,6H2,(H,15,16)(H,17,18). The molecule has 0 aliphatic heterocycles. The van der Waals surface area contributed by atoms with E-state index in [1.807, 2.05) is 22.6 Å². The first-order valence-electron chi connectivity index (χ1n) is 5.62. The molecule has 0 heterocycles. The van der Waals surface area contributed by atoms with Crippen molar-refractivity contribution < 1.29 is 14.7 Å². The van der Waals surface area contributed by atoms with Crippen LogP contribution in [-0.4, -0.2) is 29.6 Å². The molecule has 0 unspecified atom stereocenters. The molecular weight excluding hydrogens is 347 g/mol. The summed E-state index contributed by atoms with van der Waals surface area (Å²) >= 11 is 2.03. The number of hydrogen-bond acceptors (Lipinski definition) is 3. The van der Waals surface area contributed by atoms with E-state index >= 15 is 0 Å². The fourth-order valence-corrected chi connectivity index (χ4v) is 2.01. The lowest BCUT2D eigenvalue weighted by Gasteiger charge is -2.09. The first-order valence-corrected chi connectivity index (χ1v) is 6.70. The number of hydrogen-bond donors (Lipinski definition) is 3. The summed E-state index contributed by atoms with van der Waals surface area (Å²) in [5.74, 6) is -1.26. The maximum atomic E-state index is 11.6. The van der Waals surface area contributed by atoms with Gasteiger partial charge >= 0.3 is 5.97 Å². The second kappa shape index (κ2) is 5.66. The van der Waals surface area contributed by atoms with Gasteiger partial charge < -0.3 is 15.7 Å². The molecule has 0 aromatic heterocycles. The smallest absolute Gasteiger partial charge is 0.337 e. The number of aromatic carboxylic acids is 1. The first-order chi connectivity index (χ1) is 8.56. The Morgan fingerprint density at radius 3 is 2.72 bits per heavy atom. The number of carboxylic acid groups (broad SMARTS) is 1. The zero-order valence-electron chi connectivity index (χ0n) is 9.57. The normalized spacial score (nSPS) is 14.3. The van der Waals surface area contributed by atoms with Crippen molar-refractivity contribution in [1.29, 1.82) is 0 Å². The van der Waals surface area contributed by atoms with Crippen LogP contribution in [0.5, 0.6) is 0 Å². The molecule has 5 nitrogen and oxygen atoms in total. The van der Waals surface area contributed by atoms with Gasteiger partial charge in [-0.05, 0) is 53.6 Å². The average Bonchev–Trinajstić information content (AvgIpc) is 3.12. The van der Waals surface area contributed by atoms with E-state index in [2.05, 4.69) is 10.6 Å². The van der Waals surface area contributed by atoms with Crippen LogP contribution < -0.4 is 10.6 Å². The molecule has 1 aliphatic carbocycles. The van der Waals surface area contributed by atoms with Crippen LogP contribution in [-0.2, 0) is 4.79 Å². The van der Waals surface area contributed by atoms with Gasteiger partial charge in [-0.25, -0.2) is 4.79 Å². The third-order valence-corrected chi connectivity index (χ3v) is 3.29. The average molecular weight is 360 g/mol. The lowest BCUT2D eigenvalue weighted by molar-refractivity contribution is -0.115. The Bertz CT molecular complexity index is 486. The SMILES string of the molecule is O=C(CNC1CC1)Nc1ccc(I)cc1C(=O)O. The number of nitrogens with one attached hydrogen (secondary N) is 2. The van der Waals surface area contributed by atoms with Gasteiger partial charge in [-0.2, -0.15) is 0 Å². The van der Waals surface area contributed by atoms with Crippen molar-refractivity contribution in [3.05, 3.63) is 27.3 Å². The molecule has 1 amide bonds. The van der Waals surface area contributed by atoms with Gasteiger partial charge in [0.1, 0.15) is 0 Å². The summed E-state index contributed by atoms with van der Waals surface area (Å²) in [6.45, 7) is 0.218. The summed E-state index contributed by atoms with van der Waals surface area (Å²) in [5.41, 5.74) is 0.451. The summed E-state index contributed by atoms with van der Waals surface area (Å²) in [4.78, 5) is 22.7. The molecule has 1 fully saturated rings. The lowest BCUT2D eigenvalue weighted by atomic mass is 10.2. The minimum Gasteiger partial charge on any atom is -0.478 e. The maximum Gasteiger partial charge on any atom is 0.337 e. The maximum absolute atomic E-state index is 11.6. The molecule has 0 saturated heterocycles. The quantitative estimate of drug-likeness (QED) is 0.699. The molecule has 1 saturated carbocycles. The zero-order chi connectivity index (χ0) is 13.1. The summed E-state index contributed by atoms with van der Waals surface area (Å²) < 4.78 is 0.819. The highest BCUT2D eigenvalue weighted by molar-refractivity contribution is 14.1. The summed E-state index contributed by atoms with van der Waals surface area (Å²) in [7, 11) is 0. The number of carbonyl (C=O) groups excluding carboxylic acids is 1. The van der Waals surface area contributed by atoms with Crippen LogP contribution in [0, 0.1) is 3.57 Å². The first kappa shape index (κ1) is 13.3. The van der Waals surface area contributed by atoms with Crippen LogP contribution in [0.3, 0.4) is 0 Å². The van der Waals surface area contributed by atoms with Crippen LogP contribution in [0.15, 0.2) is 18.2 Å². The predicted molar refractivity (Wildman–Crippen MR) is 75.8 cm³/mol. The van der Waals surface area contributed by atoms with E-state index in [4.69, 9.17) is 5.11 Å². The number of carbonyl (C=O) groups is 2. The second-order valence-corrected chi connectivity index (χ2v) is 5.44. The minimum absolute atomic E-state index is 0.113. The summed E-state index contributed by atoms with van der Waals surface area (Å²) in [6.07, 6.45) is 2.22. The molecule has 96 valence electrons. The highest BCUT2D eigenvalue weighted by atomic mass is 127. The van der Waals surface area contributed by atoms with E-state index in [0.717, 1.165) is 16.4 Å². The molecule has 0 radical (unpaired) electrons. The predicted octanol–water partition coefficient (Wildman–Crippen LogP) is 1.68. The van der Waals surface area contributed by atoms with Crippen LogP contribution in [0.1, 0.15) is 23.2 Å². The lowest BCUT2D eigenvalue weighted by Crippen LogP contribution is -2.30. The molecule has 2 rings (SSSR count). The van der Waals surface area contributed by atoms with Gasteiger partial charge in [0.2, 0.25) is 5.91 Å². The van der Waals surface area contributed by atoms with Crippen molar-refractivity contribution in [2.75, 3.05) is 11.9 Å². The molecule has 3 N–H and O–H groups in total. The molecule has 0 spiro atoms. The second-order valence-electron chi connectivity index (χ2n) is 4.20. The van der Waals surface area contributed by atoms with Crippen LogP contribution >= 0.6 is 22.6 Å². The monoisotopic (exact) mass is 360 g/mol. The van der Waals surface area contributed by atoms with E-state index < -0.39 is 5.97 Å². The van der Waals surface area contributed by atoms with Gasteiger partial charge in [0.05, 0.1) is 17.8 Å². The third kappa shape index (κ3) is 3.67. The van der Waals surface area contributed by atoms with Gasteiger partial charge in [-0.1, -0.05) is 0 Å². The Labute approximate surface area is 118 Å². The molecule has 18 heavy (non-hydrogen) atoms. The van der Waals surface area contributed by atoms with Gasteiger partial charge in [0.15, 0.2) is 0 Å². The number of anilines is 1. The number of carboxylic acids is 1. The fraction of sp³-hybridized carbons (Fsp3) is 0.333. The van der Waals surface area contributed by atoms with Gasteiger partial charge in [-0.15, -0.1) is 0 Å². The minimum atomic E-state index is -1.04. The molecule has 0 atom stereocenters. The Balaban J connectivity index is 2.02. The van der Waals surface area contributed by atoms with Crippen LogP contribution in [0.25, 0.3) is 0 Å². The highest BCUT2D eigenvalue weighted by Gasteiger charge is 2.21. The van der Waals surface area contributed by atoms with E-state index in [9.17, 15) is 9.59 Å². The topological polar surface area (TPSA) is 78.4 Å². The van der Waals surface area contributed by atoms with E-state index in [0.29, 0.717) is 11.7 Å². The molecule has 0 bridgehead atoms. The molecular formula is C12H13IN2O3. The van der Waals surface area contributed by atoms with E-state index in [1.54, 1.807) is 12.1 Å². The van der Waals surface area contributed by atoms with Gasteiger partial charge in [0, 0.05) is 9.61 Å². The van der Waals surface area contributed by atoms with Crippen molar-refractivity contribution in [3.8, 4) is 0 Å². The van der Waals surface area contributed by atoms with Crippen LogP contribution in [0.2, 0.25) is 0 Å². The van der Waals surface area contributed by atoms with Crippen molar-refractivity contribution in [2.45, 2.75) is 18.9 Å². The molecule has 6 heteroatoms. The Morgan fingerprint density at radius 2 is 2.11 bits per heavy atom. The fourth-order valence-electron chi connectivity index (χ4n) is 1.52. The zero-order valence-corrected chi connectivity index (χ0v) is 11.7. The van der Waals surface area contributed by atoms with Crippen molar-refractivity contribution >= 4 is 40.2 Å². The van der Waals surface area contributed by atoms with Crippen molar-refractivity contribution in [2.24, 2.45) is 0 Å². The van der Waals surface area contributed by atoms with Crippen LogP contribution in [0.4, 0.5) is 5.69 Å². The Morgan fingerprint density at radius 1 is 1.39 bits per heavy atom. The highest BCUT2D eigenvalue weighted by Crippen LogP contribution is 2.20. The third-order valence-electron chi connectivity index (χ3n) is 2.61. The van der Waals surface area contributed by atoms with Crippen molar-refractivity contribution in [1.82, 2.24) is 5.32 Å². The summed E-state index contributed by atoms with van der Waals surface area (Å²) in [6, 6.07) is 5.36. The number of amides is 1. The molecule has 1 aromatic rings. The number of rotatable bonds is 5. The Hall–Kier alpha value is -1.15. The van der Waals surface area contributed by atoms with E-state index in [1.165, 1.54) is 6.07 Å². The number of benzene rings is 1. The molecule has 1 aliphatic rings. The van der Waals surface area contributed by atoms with Crippen molar-refractivity contribution in [3.63, 3.8) is 0 Å². The summed E-state index contributed by atoms with van der Waals surface area (Å²) in [5, 5.41) is 14.8. The number of halogens is 1. The molecule has 1 aromatic carbocycles. The largest absolute Gasteiger partial charge is 0.478 e. The van der Waals surface area contributed by atoms with Gasteiger partial charge in [-0.3, -0.25) is 4.79 Å².